The van der Waals surface area contributed by atoms with Gasteiger partial charge in [0, 0.05) is 19.7 Å². The minimum absolute atomic E-state index is 0.0155. The number of benzene rings is 2. The van der Waals surface area contributed by atoms with E-state index in [-0.39, 0.29) is 18.3 Å². The van der Waals surface area contributed by atoms with E-state index in [1.165, 1.54) is 28.9 Å². The Morgan fingerprint density at radius 1 is 0.967 bits per heavy atom. The van der Waals surface area contributed by atoms with Crippen molar-refractivity contribution >= 4 is 17.8 Å². The van der Waals surface area contributed by atoms with Crippen LogP contribution in [0.2, 0.25) is 0 Å². The van der Waals surface area contributed by atoms with Crippen LogP contribution in [0.1, 0.15) is 46.8 Å². The smallest absolute Gasteiger partial charge is 0.259 e. The van der Waals surface area contributed by atoms with Crippen LogP contribution in [-0.4, -0.2) is 43.9 Å². The van der Waals surface area contributed by atoms with E-state index < -0.39 is 0 Å². The topological polar surface area (TPSA) is 55.8 Å². The maximum atomic E-state index is 12.6. The number of rotatable bonds is 8. The average molecular weight is 408 g/mol. The molecule has 0 heterocycles. The van der Waals surface area contributed by atoms with Crippen molar-refractivity contribution in [2.75, 3.05) is 27.3 Å². The first-order valence-corrected chi connectivity index (χ1v) is 10.4. The van der Waals surface area contributed by atoms with Crippen LogP contribution in [0.4, 0.5) is 0 Å². The zero-order chi connectivity index (χ0) is 21.5. The lowest BCUT2D eigenvalue weighted by Gasteiger charge is -2.15. The fraction of sp³-hybridized carbons (Fsp3) is 0.360. The van der Waals surface area contributed by atoms with Gasteiger partial charge in [-0.15, -0.1) is 0 Å². The molecule has 30 heavy (non-hydrogen) atoms. The number of ketones is 1. The first-order chi connectivity index (χ1) is 14.5. The molecule has 158 valence electrons. The van der Waals surface area contributed by atoms with Crippen molar-refractivity contribution in [3.05, 3.63) is 64.7 Å². The van der Waals surface area contributed by atoms with E-state index in [9.17, 15) is 9.59 Å². The summed E-state index contributed by atoms with van der Waals surface area (Å²) < 4.78 is 11.3. The number of carbonyl (C=O) groups excluding carboxylic acids is 2. The molecule has 3 rings (SSSR count). The predicted molar refractivity (Wildman–Crippen MR) is 118 cm³/mol. The van der Waals surface area contributed by atoms with Crippen molar-refractivity contribution in [3.8, 4) is 11.5 Å². The van der Waals surface area contributed by atoms with Gasteiger partial charge in [-0.2, -0.15) is 0 Å². The molecule has 0 aliphatic heterocycles. The van der Waals surface area contributed by atoms with Crippen LogP contribution in [0.15, 0.2) is 42.5 Å². The Hall–Kier alpha value is -3.08. The number of ether oxygens (including phenoxy) is 2. The molecule has 2 aromatic carbocycles. The lowest BCUT2D eigenvalue weighted by Crippen LogP contribution is -2.27. The molecule has 1 amide bonds. The van der Waals surface area contributed by atoms with Gasteiger partial charge in [-0.1, -0.05) is 24.3 Å². The average Bonchev–Trinajstić information content (AvgIpc) is 2.76. The van der Waals surface area contributed by atoms with E-state index in [4.69, 9.17) is 9.47 Å². The van der Waals surface area contributed by atoms with Gasteiger partial charge < -0.3 is 14.4 Å². The van der Waals surface area contributed by atoms with Gasteiger partial charge in [0.2, 0.25) is 0 Å². The molecular weight excluding hydrogens is 378 g/mol. The molecule has 1 aliphatic rings. The largest absolute Gasteiger partial charge is 0.490 e. The van der Waals surface area contributed by atoms with Crippen molar-refractivity contribution in [3.63, 3.8) is 0 Å². The zero-order valence-corrected chi connectivity index (χ0v) is 17.9. The molecule has 2 aromatic rings. The molecule has 0 bridgehead atoms. The highest BCUT2D eigenvalue weighted by atomic mass is 16.5. The van der Waals surface area contributed by atoms with Gasteiger partial charge >= 0.3 is 0 Å². The van der Waals surface area contributed by atoms with E-state index >= 15 is 0 Å². The molecule has 5 heteroatoms. The Morgan fingerprint density at radius 2 is 1.73 bits per heavy atom. The molecule has 0 saturated carbocycles. The van der Waals surface area contributed by atoms with Crippen molar-refractivity contribution < 1.29 is 19.1 Å². The second-order valence-corrected chi connectivity index (χ2v) is 7.60. The Balaban J connectivity index is 1.72. The van der Waals surface area contributed by atoms with E-state index in [1.807, 2.05) is 31.2 Å². The second kappa shape index (κ2) is 10.1. The number of fused-ring (bicyclic) bond motifs is 1. The third-order valence-corrected chi connectivity index (χ3v) is 5.18. The number of hydrogen-bond acceptors (Lipinski definition) is 4. The number of carbonyl (C=O) groups is 2. The van der Waals surface area contributed by atoms with E-state index in [0.717, 1.165) is 24.0 Å². The predicted octanol–water partition coefficient (Wildman–Crippen LogP) is 4.33. The number of amides is 1. The first-order valence-electron chi connectivity index (χ1n) is 10.4. The second-order valence-electron chi connectivity index (χ2n) is 7.60. The number of likely N-dealkylation sites (N-methyl/N-ethyl adjacent to an activating group) is 1. The fourth-order valence-electron chi connectivity index (χ4n) is 3.44. The lowest BCUT2D eigenvalue weighted by molar-refractivity contribution is -0.130. The molecule has 0 saturated heterocycles. The van der Waals surface area contributed by atoms with Gasteiger partial charge in [-0.3, -0.25) is 9.59 Å². The molecule has 1 aliphatic carbocycles. The number of hydrogen-bond donors (Lipinski definition) is 0. The number of aryl methyl sites for hydroxylation is 2. The van der Waals surface area contributed by atoms with Crippen molar-refractivity contribution in [1.29, 1.82) is 0 Å². The monoisotopic (exact) mass is 407 g/mol. The Labute approximate surface area is 178 Å². The third-order valence-electron chi connectivity index (χ3n) is 5.18. The van der Waals surface area contributed by atoms with Crippen molar-refractivity contribution in [2.24, 2.45) is 0 Å². The van der Waals surface area contributed by atoms with Gasteiger partial charge in [-0.05, 0) is 73.6 Å². The minimum Gasteiger partial charge on any atom is -0.490 e. The van der Waals surface area contributed by atoms with Crippen LogP contribution < -0.4 is 9.47 Å². The first kappa shape index (κ1) is 21.6. The molecule has 0 atom stereocenters. The summed E-state index contributed by atoms with van der Waals surface area (Å²) >= 11 is 0. The maximum Gasteiger partial charge on any atom is 0.259 e. The molecule has 0 N–H and O–H groups in total. The highest BCUT2D eigenvalue weighted by Gasteiger charge is 2.12. The van der Waals surface area contributed by atoms with E-state index in [2.05, 4.69) is 6.07 Å². The van der Waals surface area contributed by atoms with Gasteiger partial charge in [0.1, 0.15) is 0 Å². The van der Waals surface area contributed by atoms with E-state index in [0.29, 0.717) is 18.1 Å². The van der Waals surface area contributed by atoms with Gasteiger partial charge in [-0.25, -0.2) is 0 Å². The quantitative estimate of drug-likeness (QED) is 0.483. The number of nitrogens with zero attached hydrogens (tertiary/aromatic N) is 1. The summed E-state index contributed by atoms with van der Waals surface area (Å²) in [7, 11) is 3.37. The van der Waals surface area contributed by atoms with Gasteiger partial charge in [0.15, 0.2) is 23.9 Å². The normalized spacial score (nSPS) is 13.0. The van der Waals surface area contributed by atoms with Crippen LogP contribution in [0.3, 0.4) is 0 Å². The van der Waals surface area contributed by atoms with Gasteiger partial charge in [0.05, 0.1) is 6.61 Å². The summed E-state index contributed by atoms with van der Waals surface area (Å²) in [5.41, 5.74) is 4.22. The minimum atomic E-state index is -0.128. The van der Waals surface area contributed by atoms with Crippen LogP contribution >= 0.6 is 0 Å². The van der Waals surface area contributed by atoms with Crippen molar-refractivity contribution in [2.45, 2.75) is 32.6 Å². The summed E-state index contributed by atoms with van der Waals surface area (Å²) in [5, 5.41) is 0. The maximum absolute atomic E-state index is 12.6. The molecule has 0 aromatic heterocycles. The molecule has 0 spiro atoms. The van der Waals surface area contributed by atoms with Crippen LogP contribution in [0.5, 0.6) is 11.5 Å². The van der Waals surface area contributed by atoms with Crippen LogP contribution in [0, 0.1) is 0 Å². The van der Waals surface area contributed by atoms with Crippen molar-refractivity contribution in [1.82, 2.24) is 4.90 Å². The molecule has 0 radical (unpaired) electrons. The Kier molecular flexibility index (Phi) is 7.28. The standard InChI is InChI=1S/C25H29NO4/c1-4-29-24-15-18(10-14-23(24)30-17-25(28)26(2)3)9-13-22(27)21-12-11-19-7-5-6-8-20(19)16-21/h9-16H,4-8,17H2,1-3H3. The number of allylic oxidation sites excluding steroid dienone is 1. The SMILES string of the molecule is CCOc1cc(C=CC(=O)c2ccc3c(c2)CCCC3)ccc1OCC(=O)N(C)C. The van der Waals surface area contributed by atoms with Gasteiger partial charge in [0.25, 0.3) is 5.91 Å². The van der Waals surface area contributed by atoms with Crippen LogP contribution in [-0.2, 0) is 17.6 Å². The Morgan fingerprint density at radius 3 is 2.47 bits per heavy atom. The molecular formula is C25H29NO4. The van der Waals surface area contributed by atoms with E-state index in [1.54, 1.807) is 32.3 Å². The summed E-state index contributed by atoms with van der Waals surface area (Å²) in [4.78, 5) is 25.9. The third kappa shape index (κ3) is 5.50. The summed E-state index contributed by atoms with van der Waals surface area (Å²) in [5.74, 6) is 0.910. The molecule has 0 fully saturated rings. The zero-order valence-electron chi connectivity index (χ0n) is 17.9. The fourth-order valence-corrected chi connectivity index (χ4v) is 3.44. The lowest BCUT2D eigenvalue weighted by atomic mass is 9.90. The molecule has 0 unspecified atom stereocenters. The molecule has 5 nitrogen and oxygen atoms in total. The summed E-state index contributed by atoms with van der Waals surface area (Å²) in [6.07, 6.45) is 7.94. The highest BCUT2D eigenvalue weighted by molar-refractivity contribution is 6.07. The Bertz CT molecular complexity index is 946. The summed E-state index contributed by atoms with van der Waals surface area (Å²) in [6.45, 7) is 2.30. The van der Waals surface area contributed by atoms with Crippen LogP contribution in [0.25, 0.3) is 6.08 Å². The highest BCUT2D eigenvalue weighted by Crippen LogP contribution is 2.29. The summed E-state index contributed by atoms with van der Waals surface area (Å²) in [6, 6.07) is 11.5.